The molecule has 1 aromatic carbocycles. The number of rotatable bonds is 7. The zero-order valence-corrected chi connectivity index (χ0v) is 17.5. The molecule has 0 radical (unpaired) electrons. The molecular weight excluding hydrogens is 336 g/mol. The number of hydrogen-bond donors (Lipinski definition) is 1. The lowest BCUT2D eigenvalue weighted by atomic mass is 9.86. The topological polar surface area (TPSA) is 58.1 Å². The van der Waals surface area contributed by atoms with E-state index in [4.69, 9.17) is 0 Å². The lowest BCUT2D eigenvalue weighted by Crippen LogP contribution is -2.28. The maximum absolute atomic E-state index is 12.9. The number of carbonyl (C=O) groups is 1. The number of aromatic nitrogens is 2. The first-order chi connectivity index (χ1) is 12.8. The lowest BCUT2D eigenvalue weighted by molar-refractivity contribution is 0.102. The van der Waals surface area contributed by atoms with Gasteiger partial charge in [0.05, 0.1) is 0 Å². The molecule has 0 aliphatic heterocycles. The van der Waals surface area contributed by atoms with Crippen LogP contribution in [0.4, 0.5) is 11.6 Å². The number of benzene rings is 1. The van der Waals surface area contributed by atoms with Crippen molar-refractivity contribution in [1.29, 1.82) is 0 Å². The van der Waals surface area contributed by atoms with Crippen molar-refractivity contribution in [3.63, 3.8) is 0 Å². The van der Waals surface area contributed by atoms with Gasteiger partial charge in [-0.3, -0.25) is 4.79 Å². The monoisotopic (exact) mass is 368 g/mol. The minimum absolute atomic E-state index is 0.0598. The zero-order chi connectivity index (χ0) is 20.0. The smallest absolute Gasteiger partial charge is 0.274 e. The quantitative estimate of drug-likeness (QED) is 0.750. The van der Waals surface area contributed by atoms with Crippen LogP contribution in [0, 0.1) is 6.92 Å². The van der Waals surface area contributed by atoms with Gasteiger partial charge in [0.1, 0.15) is 5.69 Å². The van der Waals surface area contributed by atoms with Gasteiger partial charge < -0.3 is 10.2 Å². The highest BCUT2D eigenvalue weighted by Crippen LogP contribution is 2.29. The predicted molar refractivity (Wildman–Crippen MR) is 113 cm³/mol. The minimum atomic E-state index is -0.202. The molecule has 27 heavy (non-hydrogen) atoms. The molecule has 0 aliphatic carbocycles. The highest BCUT2D eigenvalue weighted by molar-refractivity contribution is 6.03. The predicted octanol–water partition coefficient (Wildman–Crippen LogP) is 4.96. The normalized spacial score (nSPS) is 11.3. The van der Waals surface area contributed by atoms with Gasteiger partial charge >= 0.3 is 0 Å². The fourth-order valence-corrected chi connectivity index (χ4v) is 3.09. The van der Waals surface area contributed by atoms with Crippen molar-refractivity contribution >= 4 is 17.5 Å². The van der Waals surface area contributed by atoms with Crippen molar-refractivity contribution in [2.75, 3.05) is 23.3 Å². The van der Waals surface area contributed by atoms with Gasteiger partial charge in [0.25, 0.3) is 5.91 Å². The van der Waals surface area contributed by atoms with Crippen LogP contribution in [0.15, 0.2) is 30.3 Å². The van der Waals surface area contributed by atoms with Gasteiger partial charge in [-0.15, -0.1) is 0 Å². The molecule has 1 amide bonds. The summed E-state index contributed by atoms with van der Waals surface area (Å²) in [6.07, 6.45) is 2.02. The second-order valence-corrected chi connectivity index (χ2v) is 7.93. The van der Waals surface area contributed by atoms with Crippen LogP contribution in [-0.2, 0) is 5.41 Å². The molecule has 0 aliphatic rings. The van der Waals surface area contributed by atoms with Gasteiger partial charge in [-0.05, 0) is 42.9 Å². The van der Waals surface area contributed by atoms with E-state index in [0.717, 1.165) is 42.9 Å². The van der Waals surface area contributed by atoms with Gasteiger partial charge in [-0.2, -0.15) is 0 Å². The van der Waals surface area contributed by atoms with Gasteiger partial charge in [0.15, 0.2) is 0 Å². The Bertz CT molecular complexity index is 774. The molecule has 0 unspecified atom stereocenters. The van der Waals surface area contributed by atoms with E-state index in [1.807, 2.05) is 25.1 Å². The van der Waals surface area contributed by atoms with Crippen molar-refractivity contribution < 1.29 is 4.79 Å². The van der Waals surface area contributed by atoms with E-state index in [0.29, 0.717) is 11.6 Å². The SMILES string of the molecule is CCCN(CCC)c1nc(C)cc(C(=O)Nc2ccccc2C(C)(C)C)n1. The molecule has 2 rings (SSSR count). The average molecular weight is 369 g/mol. The van der Waals surface area contributed by atoms with Crippen molar-refractivity contribution in [3.8, 4) is 0 Å². The number of anilines is 2. The molecule has 1 N–H and O–H groups in total. The lowest BCUT2D eigenvalue weighted by Gasteiger charge is -2.23. The summed E-state index contributed by atoms with van der Waals surface area (Å²) >= 11 is 0. The van der Waals surface area contributed by atoms with Gasteiger partial charge in [0, 0.05) is 24.5 Å². The maximum Gasteiger partial charge on any atom is 0.274 e. The Labute approximate surface area is 163 Å². The molecule has 1 aromatic heterocycles. The van der Waals surface area contributed by atoms with E-state index in [1.165, 1.54) is 0 Å². The van der Waals surface area contributed by atoms with Crippen molar-refractivity contribution in [2.24, 2.45) is 0 Å². The first-order valence-electron chi connectivity index (χ1n) is 9.77. The Morgan fingerprint density at radius 2 is 1.70 bits per heavy atom. The number of aryl methyl sites for hydroxylation is 1. The fourth-order valence-electron chi connectivity index (χ4n) is 3.09. The second-order valence-electron chi connectivity index (χ2n) is 7.93. The van der Waals surface area contributed by atoms with Crippen LogP contribution in [0.3, 0.4) is 0 Å². The third-order valence-corrected chi connectivity index (χ3v) is 4.33. The molecule has 146 valence electrons. The Balaban J connectivity index is 2.32. The summed E-state index contributed by atoms with van der Waals surface area (Å²) in [5.41, 5.74) is 3.06. The maximum atomic E-state index is 12.9. The number of amides is 1. The number of para-hydroxylation sites is 1. The first kappa shape index (κ1) is 20.9. The molecular formula is C22H32N4O. The molecule has 0 fully saturated rings. The standard InChI is InChI=1S/C22H32N4O/c1-7-13-26(14-8-2)21-23-16(3)15-19(25-21)20(27)24-18-12-10-9-11-17(18)22(4,5)6/h9-12,15H,7-8,13-14H2,1-6H3,(H,24,27). The largest absolute Gasteiger partial charge is 0.341 e. The minimum Gasteiger partial charge on any atom is -0.341 e. The highest BCUT2D eigenvalue weighted by atomic mass is 16.1. The van der Waals surface area contributed by atoms with Crippen LogP contribution >= 0.6 is 0 Å². The first-order valence-corrected chi connectivity index (χ1v) is 9.77. The molecule has 5 heteroatoms. The third kappa shape index (κ3) is 5.52. The van der Waals surface area contributed by atoms with Crippen LogP contribution in [0.2, 0.25) is 0 Å². The van der Waals surface area contributed by atoms with Crippen LogP contribution in [-0.4, -0.2) is 29.0 Å². The number of carbonyl (C=O) groups excluding carboxylic acids is 1. The van der Waals surface area contributed by atoms with Gasteiger partial charge in [-0.1, -0.05) is 52.8 Å². The Hall–Kier alpha value is -2.43. The Morgan fingerprint density at radius 1 is 1.07 bits per heavy atom. The fraction of sp³-hybridized carbons (Fsp3) is 0.500. The summed E-state index contributed by atoms with van der Waals surface area (Å²) < 4.78 is 0. The van der Waals surface area contributed by atoms with Crippen molar-refractivity contribution in [2.45, 2.75) is 59.8 Å². The third-order valence-electron chi connectivity index (χ3n) is 4.33. The Morgan fingerprint density at radius 3 is 2.30 bits per heavy atom. The zero-order valence-electron chi connectivity index (χ0n) is 17.5. The molecule has 0 spiro atoms. The van der Waals surface area contributed by atoms with Gasteiger partial charge in [0.2, 0.25) is 5.95 Å². The highest BCUT2D eigenvalue weighted by Gasteiger charge is 2.20. The summed E-state index contributed by atoms with van der Waals surface area (Å²) in [6.45, 7) is 14.3. The van der Waals surface area contributed by atoms with E-state index in [9.17, 15) is 4.79 Å². The van der Waals surface area contributed by atoms with E-state index < -0.39 is 0 Å². The van der Waals surface area contributed by atoms with Crippen LogP contribution in [0.1, 0.15) is 69.2 Å². The van der Waals surface area contributed by atoms with E-state index >= 15 is 0 Å². The molecule has 2 aromatic rings. The number of hydrogen-bond acceptors (Lipinski definition) is 4. The van der Waals surface area contributed by atoms with E-state index in [2.05, 4.69) is 60.9 Å². The summed E-state index contributed by atoms with van der Waals surface area (Å²) in [5, 5.41) is 3.04. The molecule has 0 saturated carbocycles. The molecule has 0 atom stereocenters. The van der Waals surface area contributed by atoms with Crippen LogP contribution < -0.4 is 10.2 Å². The summed E-state index contributed by atoms with van der Waals surface area (Å²) in [5.74, 6) is 0.430. The molecule has 1 heterocycles. The van der Waals surface area contributed by atoms with E-state index in [-0.39, 0.29) is 11.3 Å². The number of nitrogens with zero attached hydrogens (tertiary/aromatic N) is 3. The average Bonchev–Trinajstić information content (AvgIpc) is 2.60. The summed E-state index contributed by atoms with van der Waals surface area (Å²) in [7, 11) is 0. The van der Waals surface area contributed by atoms with Crippen LogP contribution in [0.5, 0.6) is 0 Å². The molecule has 0 saturated heterocycles. The van der Waals surface area contributed by atoms with Crippen molar-refractivity contribution in [1.82, 2.24) is 9.97 Å². The number of nitrogens with one attached hydrogen (secondary N) is 1. The van der Waals surface area contributed by atoms with Crippen molar-refractivity contribution in [3.05, 3.63) is 47.3 Å². The van der Waals surface area contributed by atoms with Gasteiger partial charge in [-0.25, -0.2) is 9.97 Å². The Kier molecular flexibility index (Phi) is 6.94. The van der Waals surface area contributed by atoms with Crippen LogP contribution in [0.25, 0.3) is 0 Å². The molecule has 5 nitrogen and oxygen atoms in total. The summed E-state index contributed by atoms with van der Waals surface area (Å²) in [4.78, 5) is 24.2. The summed E-state index contributed by atoms with van der Waals surface area (Å²) in [6, 6.07) is 9.67. The molecule has 0 bridgehead atoms. The second kappa shape index (κ2) is 8.98. The van der Waals surface area contributed by atoms with E-state index in [1.54, 1.807) is 6.07 Å².